The summed E-state index contributed by atoms with van der Waals surface area (Å²) in [5.74, 6) is -0.0580. The lowest BCUT2D eigenvalue weighted by Gasteiger charge is -2.14. The highest BCUT2D eigenvalue weighted by Gasteiger charge is 2.24. The third-order valence-corrected chi connectivity index (χ3v) is 3.83. The number of aliphatic imine (C=N–C) groups is 1. The van der Waals surface area contributed by atoms with Crippen molar-refractivity contribution in [1.82, 2.24) is 0 Å². The second-order valence-corrected chi connectivity index (χ2v) is 5.72. The number of benzene rings is 2. The second kappa shape index (κ2) is 7.30. The van der Waals surface area contributed by atoms with Gasteiger partial charge in [0.25, 0.3) is 0 Å². The lowest BCUT2D eigenvalue weighted by molar-refractivity contribution is -0.129. The summed E-state index contributed by atoms with van der Waals surface area (Å²) in [4.78, 5) is 16.3. The van der Waals surface area contributed by atoms with E-state index in [2.05, 4.69) is 4.99 Å². The summed E-state index contributed by atoms with van der Waals surface area (Å²) in [7, 11) is 0. The zero-order valence-corrected chi connectivity index (χ0v) is 14.0. The number of carbonyl (C=O) groups excluding carboxylic acids is 1. The molecule has 0 radical (unpaired) electrons. The van der Waals surface area contributed by atoms with Crippen LogP contribution in [-0.4, -0.2) is 18.0 Å². The number of cyclic esters (lactones) is 1. The highest BCUT2D eigenvalue weighted by atomic mass is 19.1. The van der Waals surface area contributed by atoms with Gasteiger partial charge in [0.05, 0.1) is 6.10 Å². The van der Waals surface area contributed by atoms with E-state index in [9.17, 15) is 9.18 Å². The minimum atomic E-state index is -0.544. The van der Waals surface area contributed by atoms with Crippen molar-refractivity contribution in [2.45, 2.75) is 26.4 Å². The number of para-hydroxylation sites is 1. The Morgan fingerprint density at radius 1 is 1.20 bits per heavy atom. The third kappa shape index (κ3) is 3.94. The van der Waals surface area contributed by atoms with Gasteiger partial charge < -0.3 is 9.47 Å². The maximum Gasteiger partial charge on any atom is 0.363 e. The van der Waals surface area contributed by atoms with E-state index in [4.69, 9.17) is 9.47 Å². The van der Waals surface area contributed by atoms with Crippen LogP contribution in [0.1, 0.15) is 31.4 Å². The number of hydrogen-bond donors (Lipinski definition) is 0. The molecule has 1 heterocycles. The van der Waals surface area contributed by atoms with E-state index < -0.39 is 5.97 Å². The van der Waals surface area contributed by atoms with E-state index in [0.29, 0.717) is 11.3 Å². The molecular formula is C20H18FNO3. The van der Waals surface area contributed by atoms with Crippen molar-refractivity contribution in [2.75, 3.05) is 0 Å². The molecule has 25 heavy (non-hydrogen) atoms. The van der Waals surface area contributed by atoms with Crippen molar-refractivity contribution in [1.29, 1.82) is 0 Å². The number of hydrogen-bond acceptors (Lipinski definition) is 4. The molecule has 2 aromatic carbocycles. The molecular weight excluding hydrogens is 321 g/mol. The monoisotopic (exact) mass is 339 g/mol. The third-order valence-electron chi connectivity index (χ3n) is 3.83. The van der Waals surface area contributed by atoms with E-state index in [-0.39, 0.29) is 23.5 Å². The number of carbonyl (C=O) groups is 1. The number of rotatable bonds is 5. The first-order valence-electron chi connectivity index (χ1n) is 8.11. The fourth-order valence-corrected chi connectivity index (χ4v) is 2.28. The van der Waals surface area contributed by atoms with Gasteiger partial charge in [0, 0.05) is 11.1 Å². The summed E-state index contributed by atoms with van der Waals surface area (Å²) in [5, 5.41) is 0. The molecule has 0 amide bonds. The summed E-state index contributed by atoms with van der Waals surface area (Å²) in [5.41, 5.74) is 1.47. The molecule has 0 aliphatic carbocycles. The van der Waals surface area contributed by atoms with Gasteiger partial charge in [-0.1, -0.05) is 25.1 Å². The quantitative estimate of drug-likeness (QED) is 0.601. The Kier molecular flexibility index (Phi) is 4.93. The van der Waals surface area contributed by atoms with Crippen LogP contribution in [0.15, 0.2) is 59.2 Å². The molecule has 1 atom stereocenters. The molecule has 4 nitrogen and oxygen atoms in total. The molecule has 1 aliphatic rings. The molecule has 0 saturated carbocycles. The summed E-state index contributed by atoms with van der Waals surface area (Å²) in [6.07, 6.45) is 2.57. The minimum Gasteiger partial charge on any atom is -0.490 e. The largest absolute Gasteiger partial charge is 0.490 e. The molecule has 2 aromatic rings. The standard InChI is InChI=1S/C20H18FNO3/c1-3-13(2)24-18-7-5-4-6-15(18)12-17-20(23)25-19(22-17)14-8-10-16(21)11-9-14/h4-13H,3H2,1-2H3/b17-12-. The second-order valence-electron chi connectivity index (χ2n) is 5.72. The van der Waals surface area contributed by atoms with Crippen LogP contribution in [0.5, 0.6) is 5.75 Å². The normalized spacial score (nSPS) is 16.5. The van der Waals surface area contributed by atoms with Crippen LogP contribution in [0.2, 0.25) is 0 Å². The minimum absolute atomic E-state index is 0.0633. The lowest BCUT2D eigenvalue weighted by atomic mass is 10.1. The number of halogens is 1. The summed E-state index contributed by atoms with van der Waals surface area (Å²) in [6.45, 7) is 4.03. The molecule has 1 aliphatic heterocycles. The fourth-order valence-electron chi connectivity index (χ4n) is 2.28. The maximum atomic E-state index is 13.0. The Labute approximate surface area is 145 Å². The van der Waals surface area contributed by atoms with Crippen LogP contribution < -0.4 is 4.74 Å². The van der Waals surface area contributed by atoms with Crippen LogP contribution in [-0.2, 0) is 9.53 Å². The van der Waals surface area contributed by atoms with Crippen LogP contribution in [0.25, 0.3) is 6.08 Å². The molecule has 3 rings (SSSR count). The molecule has 0 saturated heterocycles. The van der Waals surface area contributed by atoms with Crippen LogP contribution in [0, 0.1) is 5.82 Å². The van der Waals surface area contributed by atoms with Gasteiger partial charge in [-0.15, -0.1) is 0 Å². The SMILES string of the molecule is CCC(C)Oc1ccccc1/C=C1\N=C(c2ccc(F)cc2)OC1=O. The Hall–Kier alpha value is -2.95. The van der Waals surface area contributed by atoms with Gasteiger partial charge in [-0.25, -0.2) is 14.2 Å². The maximum absolute atomic E-state index is 13.0. The Bertz CT molecular complexity index is 840. The molecule has 128 valence electrons. The van der Waals surface area contributed by atoms with Crippen molar-refractivity contribution in [3.8, 4) is 5.75 Å². The van der Waals surface area contributed by atoms with Crippen molar-refractivity contribution in [3.05, 3.63) is 71.2 Å². The molecule has 5 heteroatoms. The number of nitrogens with zero attached hydrogens (tertiary/aromatic N) is 1. The molecule has 0 fully saturated rings. The van der Waals surface area contributed by atoms with Gasteiger partial charge in [-0.3, -0.25) is 0 Å². The predicted octanol–water partition coefficient (Wildman–Crippen LogP) is 4.35. The van der Waals surface area contributed by atoms with Crippen LogP contribution >= 0.6 is 0 Å². The molecule has 0 bridgehead atoms. The van der Waals surface area contributed by atoms with Gasteiger partial charge in [0.2, 0.25) is 5.90 Å². The van der Waals surface area contributed by atoms with Crippen molar-refractivity contribution >= 4 is 17.9 Å². The molecule has 0 N–H and O–H groups in total. The zero-order valence-electron chi connectivity index (χ0n) is 14.0. The first kappa shape index (κ1) is 16.9. The Morgan fingerprint density at radius 2 is 1.92 bits per heavy atom. The average Bonchev–Trinajstić information content (AvgIpc) is 2.98. The van der Waals surface area contributed by atoms with Gasteiger partial charge in [-0.2, -0.15) is 0 Å². The Morgan fingerprint density at radius 3 is 2.64 bits per heavy atom. The topological polar surface area (TPSA) is 47.9 Å². The summed E-state index contributed by atoms with van der Waals surface area (Å²) in [6, 6.07) is 13.1. The smallest absolute Gasteiger partial charge is 0.363 e. The van der Waals surface area contributed by atoms with E-state index >= 15 is 0 Å². The van der Waals surface area contributed by atoms with Crippen molar-refractivity contribution in [3.63, 3.8) is 0 Å². The predicted molar refractivity (Wildman–Crippen MR) is 93.8 cm³/mol. The van der Waals surface area contributed by atoms with E-state index in [1.54, 1.807) is 6.08 Å². The first-order chi connectivity index (χ1) is 12.1. The summed E-state index contributed by atoms with van der Waals surface area (Å²) < 4.78 is 24.1. The van der Waals surface area contributed by atoms with Crippen molar-refractivity contribution in [2.24, 2.45) is 4.99 Å². The van der Waals surface area contributed by atoms with E-state index in [1.807, 2.05) is 38.1 Å². The fraction of sp³-hybridized carbons (Fsp3) is 0.200. The number of ether oxygens (including phenoxy) is 2. The van der Waals surface area contributed by atoms with Crippen LogP contribution in [0.4, 0.5) is 4.39 Å². The van der Waals surface area contributed by atoms with E-state index in [1.165, 1.54) is 24.3 Å². The number of esters is 1. The first-order valence-corrected chi connectivity index (χ1v) is 8.11. The zero-order chi connectivity index (χ0) is 17.8. The van der Waals surface area contributed by atoms with E-state index in [0.717, 1.165) is 12.0 Å². The van der Waals surface area contributed by atoms with Crippen molar-refractivity contribution < 1.29 is 18.7 Å². The molecule has 0 aromatic heterocycles. The molecule has 0 spiro atoms. The van der Waals surface area contributed by atoms with Gasteiger partial charge in [0.15, 0.2) is 5.70 Å². The highest BCUT2D eigenvalue weighted by molar-refractivity contribution is 6.12. The van der Waals surface area contributed by atoms with Crippen LogP contribution in [0.3, 0.4) is 0 Å². The average molecular weight is 339 g/mol. The molecule has 1 unspecified atom stereocenters. The van der Waals surface area contributed by atoms with Gasteiger partial charge in [-0.05, 0) is 49.8 Å². The lowest BCUT2D eigenvalue weighted by Crippen LogP contribution is -2.10. The van der Waals surface area contributed by atoms with Gasteiger partial charge >= 0.3 is 5.97 Å². The highest BCUT2D eigenvalue weighted by Crippen LogP contribution is 2.25. The Balaban J connectivity index is 1.91. The van der Waals surface area contributed by atoms with Gasteiger partial charge in [0.1, 0.15) is 11.6 Å². The summed E-state index contributed by atoms with van der Waals surface area (Å²) >= 11 is 0.